The molecule has 4 amide bonds. The van der Waals surface area contributed by atoms with E-state index in [1.54, 1.807) is 36.4 Å². The number of halogens is 1. The van der Waals surface area contributed by atoms with Crippen molar-refractivity contribution < 1.29 is 28.6 Å². The van der Waals surface area contributed by atoms with E-state index < -0.39 is 17.8 Å². The molecule has 1 fully saturated rings. The summed E-state index contributed by atoms with van der Waals surface area (Å²) in [6, 6.07) is 8.79. The summed E-state index contributed by atoms with van der Waals surface area (Å²) in [5.41, 5.74) is 0.622. The summed E-state index contributed by atoms with van der Waals surface area (Å²) in [6.45, 7) is 0. The van der Waals surface area contributed by atoms with E-state index in [0.717, 1.165) is 4.90 Å². The fraction of sp³-hybridized carbons (Fsp3) is 0.150. The molecule has 0 radical (unpaired) electrons. The molecule has 150 valence electrons. The average Bonchev–Trinajstić information content (AvgIpc) is 2.71. The number of hydrogen-bond acceptors (Lipinski definition) is 6. The highest BCUT2D eigenvalue weighted by atomic mass is 79.9. The lowest BCUT2D eigenvalue weighted by Gasteiger charge is -2.26. The van der Waals surface area contributed by atoms with Crippen LogP contribution in [0.3, 0.4) is 0 Å². The summed E-state index contributed by atoms with van der Waals surface area (Å²) in [4.78, 5) is 38.4. The summed E-state index contributed by atoms with van der Waals surface area (Å²) in [7, 11) is 4.48. The fourth-order valence-electron chi connectivity index (χ4n) is 2.81. The number of nitrogens with zero attached hydrogens (tertiary/aromatic N) is 1. The van der Waals surface area contributed by atoms with E-state index in [1.165, 1.54) is 27.4 Å². The maximum Gasteiger partial charge on any atom is 0.335 e. The first-order valence-electron chi connectivity index (χ1n) is 8.36. The highest BCUT2D eigenvalue weighted by molar-refractivity contribution is 9.10. The molecular formula is C20H17BrN2O6. The van der Waals surface area contributed by atoms with Crippen LogP contribution in [0.5, 0.6) is 17.2 Å². The van der Waals surface area contributed by atoms with Gasteiger partial charge in [-0.05, 0) is 64.0 Å². The molecule has 8 nitrogen and oxygen atoms in total. The van der Waals surface area contributed by atoms with E-state index in [4.69, 9.17) is 14.2 Å². The molecule has 3 rings (SSSR count). The van der Waals surface area contributed by atoms with Gasteiger partial charge in [-0.2, -0.15) is 0 Å². The Labute approximate surface area is 175 Å². The molecule has 1 saturated heterocycles. The number of rotatable bonds is 5. The fourth-order valence-corrected chi connectivity index (χ4v) is 3.43. The largest absolute Gasteiger partial charge is 0.497 e. The monoisotopic (exact) mass is 460 g/mol. The molecule has 1 aliphatic heterocycles. The first kappa shape index (κ1) is 20.4. The molecule has 2 aromatic carbocycles. The van der Waals surface area contributed by atoms with E-state index in [1.807, 2.05) is 0 Å². The van der Waals surface area contributed by atoms with E-state index >= 15 is 0 Å². The molecule has 0 aliphatic carbocycles. The Balaban J connectivity index is 2.02. The zero-order valence-electron chi connectivity index (χ0n) is 15.8. The number of barbiturate groups is 1. The number of nitrogens with one attached hydrogen (secondary N) is 1. The number of carbonyl (C=O) groups is 3. The molecule has 9 heteroatoms. The van der Waals surface area contributed by atoms with Crippen LogP contribution in [0.2, 0.25) is 0 Å². The molecule has 29 heavy (non-hydrogen) atoms. The van der Waals surface area contributed by atoms with Gasteiger partial charge in [0.25, 0.3) is 11.8 Å². The van der Waals surface area contributed by atoms with Gasteiger partial charge in [0.15, 0.2) is 11.5 Å². The molecule has 1 heterocycles. The lowest BCUT2D eigenvalue weighted by atomic mass is 10.1. The maximum atomic E-state index is 12.9. The van der Waals surface area contributed by atoms with Crippen molar-refractivity contribution in [1.82, 2.24) is 5.32 Å². The van der Waals surface area contributed by atoms with Gasteiger partial charge in [-0.25, -0.2) is 9.69 Å². The zero-order valence-corrected chi connectivity index (χ0v) is 17.4. The molecular weight excluding hydrogens is 444 g/mol. The van der Waals surface area contributed by atoms with Crippen LogP contribution in [0.1, 0.15) is 5.56 Å². The number of imide groups is 2. The topological polar surface area (TPSA) is 94.2 Å². The molecule has 0 saturated carbocycles. The van der Waals surface area contributed by atoms with Crippen LogP contribution in [0.15, 0.2) is 46.4 Å². The first-order chi connectivity index (χ1) is 13.9. The summed E-state index contributed by atoms with van der Waals surface area (Å²) in [6.07, 6.45) is 1.38. The van der Waals surface area contributed by atoms with Crippen molar-refractivity contribution >= 4 is 45.5 Å². The van der Waals surface area contributed by atoms with Gasteiger partial charge in [-0.3, -0.25) is 14.9 Å². The summed E-state index contributed by atoms with van der Waals surface area (Å²) < 4.78 is 16.2. The smallest absolute Gasteiger partial charge is 0.335 e. The third-order valence-corrected chi connectivity index (χ3v) is 4.79. The molecule has 2 aromatic rings. The van der Waals surface area contributed by atoms with Crippen LogP contribution < -0.4 is 24.4 Å². The Hall–Kier alpha value is -3.33. The van der Waals surface area contributed by atoms with Crippen LogP contribution in [0.4, 0.5) is 10.5 Å². The van der Waals surface area contributed by atoms with Crippen molar-refractivity contribution in [1.29, 1.82) is 0 Å². The van der Waals surface area contributed by atoms with Crippen molar-refractivity contribution in [3.05, 3.63) is 52.0 Å². The Bertz CT molecular complexity index is 1020. The van der Waals surface area contributed by atoms with E-state index in [-0.39, 0.29) is 5.57 Å². The molecule has 0 atom stereocenters. The first-order valence-corrected chi connectivity index (χ1v) is 9.16. The van der Waals surface area contributed by atoms with Crippen LogP contribution in [-0.2, 0) is 9.59 Å². The Morgan fingerprint density at radius 1 is 0.966 bits per heavy atom. The van der Waals surface area contributed by atoms with Crippen molar-refractivity contribution in [2.24, 2.45) is 0 Å². The van der Waals surface area contributed by atoms with Crippen molar-refractivity contribution in [3.8, 4) is 17.2 Å². The van der Waals surface area contributed by atoms with E-state index in [0.29, 0.717) is 33.0 Å². The van der Waals surface area contributed by atoms with E-state index in [9.17, 15) is 14.4 Å². The van der Waals surface area contributed by atoms with Gasteiger partial charge in [0.2, 0.25) is 0 Å². The second-order valence-corrected chi connectivity index (χ2v) is 6.75. The standard InChI is InChI=1S/C20H17BrN2O6/c1-27-13-6-4-12(5-7-13)23-19(25)14(18(24)22-20(23)26)8-11-9-15(21)17(29-3)16(10-11)28-2/h4-10H,1-3H3,(H,22,24,26). The van der Waals surface area contributed by atoms with Crippen molar-refractivity contribution in [2.75, 3.05) is 26.2 Å². The number of carbonyl (C=O) groups excluding carboxylic acids is 3. The molecule has 0 bridgehead atoms. The number of hydrogen-bond donors (Lipinski definition) is 1. The van der Waals surface area contributed by atoms with Crippen LogP contribution in [0, 0.1) is 0 Å². The Kier molecular flexibility index (Phi) is 5.88. The van der Waals surface area contributed by atoms with Crippen LogP contribution >= 0.6 is 15.9 Å². The average molecular weight is 461 g/mol. The number of anilines is 1. The second-order valence-electron chi connectivity index (χ2n) is 5.89. The zero-order chi connectivity index (χ0) is 21.1. The van der Waals surface area contributed by atoms with Crippen LogP contribution in [0.25, 0.3) is 6.08 Å². The second kappa shape index (κ2) is 8.36. The molecule has 0 unspecified atom stereocenters. The van der Waals surface area contributed by atoms with Gasteiger partial charge in [0, 0.05) is 0 Å². The van der Waals surface area contributed by atoms with Gasteiger partial charge in [-0.15, -0.1) is 0 Å². The van der Waals surface area contributed by atoms with Gasteiger partial charge < -0.3 is 14.2 Å². The number of amides is 4. The predicted octanol–water partition coefficient (Wildman–Crippen LogP) is 3.14. The highest BCUT2D eigenvalue weighted by Crippen LogP contribution is 2.37. The SMILES string of the molecule is COc1ccc(N2C(=O)NC(=O)C(=Cc3cc(Br)c(OC)c(OC)c3)C2=O)cc1. The van der Waals surface area contributed by atoms with Gasteiger partial charge in [-0.1, -0.05) is 0 Å². The van der Waals surface area contributed by atoms with Crippen LogP contribution in [-0.4, -0.2) is 39.2 Å². The maximum absolute atomic E-state index is 12.9. The Morgan fingerprint density at radius 2 is 1.66 bits per heavy atom. The van der Waals surface area contributed by atoms with Crippen molar-refractivity contribution in [3.63, 3.8) is 0 Å². The minimum Gasteiger partial charge on any atom is -0.497 e. The molecule has 1 aliphatic rings. The lowest BCUT2D eigenvalue weighted by Crippen LogP contribution is -2.54. The van der Waals surface area contributed by atoms with E-state index in [2.05, 4.69) is 21.2 Å². The predicted molar refractivity (Wildman–Crippen MR) is 109 cm³/mol. The van der Waals surface area contributed by atoms with Gasteiger partial charge in [0.05, 0.1) is 31.5 Å². The quantitative estimate of drug-likeness (QED) is 0.543. The lowest BCUT2D eigenvalue weighted by molar-refractivity contribution is -0.122. The molecule has 1 N–H and O–H groups in total. The number of benzene rings is 2. The Morgan fingerprint density at radius 3 is 2.24 bits per heavy atom. The summed E-state index contributed by atoms with van der Waals surface area (Å²) in [5.74, 6) is -0.0595. The third kappa shape index (κ3) is 3.95. The van der Waals surface area contributed by atoms with Gasteiger partial charge >= 0.3 is 6.03 Å². The molecule has 0 spiro atoms. The highest BCUT2D eigenvalue weighted by Gasteiger charge is 2.36. The molecule has 0 aromatic heterocycles. The number of urea groups is 1. The number of methoxy groups -OCH3 is 3. The summed E-state index contributed by atoms with van der Waals surface area (Å²) >= 11 is 3.37. The minimum absolute atomic E-state index is 0.195. The summed E-state index contributed by atoms with van der Waals surface area (Å²) in [5, 5.41) is 2.18. The van der Waals surface area contributed by atoms with Crippen molar-refractivity contribution in [2.45, 2.75) is 0 Å². The third-order valence-electron chi connectivity index (χ3n) is 4.20. The van der Waals surface area contributed by atoms with Gasteiger partial charge in [0.1, 0.15) is 11.3 Å². The normalized spacial score (nSPS) is 15.4. The minimum atomic E-state index is -0.823. The number of ether oxygens (including phenoxy) is 3.